The Balaban J connectivity index is 3.47. The molecule has 0 saturated carbocycles. The van der Waals surface area contributed by atoms with Gasteiger partial charge in [-0.05, 0) is 12.8 Å². The lowest BCUT2D eigenvalue weighted by Crippen LogP contribution is -2.26. The molecule has 0 aliphatic carbocycles. The average molecular weight is 223 g/mol. The maximum Gasteiger partial charge on any atom is 0.221 e. The summed E-state index contributed by atoms with van der Waals surface area (Å²) in [4.78, 5) is 11.0. The van der Waals surface area contributed by atoms with Gasteiger partial charge in [0.2, 0.25) is 5.91 Å². The summed E-state index contributed by atoms with van der Waals surface area (Å²) in [6.45, 7) is 0.600. The minimum Gasteiger partial charge on any atom is -0.396 e. The lowest BCUT2D eigenvalue weighted by Gasteiger charge is -2.03. The molecular weight excluding hydrogens is 206 g/mol. The number of carbonyl (C=O) groups is 1. The van der Waals surface area contributed by atoms with Crippen LogP contribution < -0.4 is 5.32 Å². The summed E-state index contributed by atoms with van der Waals surface area (Å²) >= 11 is 0. The van der Waals surface area contributed by atoms with Crippen LogP contribution in [0, 0.1) is 0 Å². The van der Waals surface area contributed by atoms with Gasteiger partial charge in [0, 0.05) is 25.8 Å². The van der Waals surface area contributed by atoms with Gasteiger partial charge in [-0.3, -0.25) is 4.79 Å². The normalized spacial score (nSPS) is 11.3. The molecule has 84 valence electrons. The quantitative estimate of drug-likeness (QED) is 0.560. The van der Waals surface area contributed by atoms with Gasteiger partial charge in [-0.15, -0.1) is 0 Å². The third-order valence-corrected chi connectivity index (χ3v) is 2.55. The average Bonchev–Trinajstić information content (AvgIpc) is 2.08. The second kappa shape index (κ2) is 6.78. The van der Waals surface area contributed by atoms with Crippen molar-refractivity contribution >= 4 is 15.7 Å². The molecule has 2 N–H and O–H groups in total. The van der Waals surface area contributed by atoms with Crippen molar-refractivity contribution in [3.8, 4) is 0 Å². The molecule has 0 saturated heterocycles. The van der Waals surface area contributed by atoms with Crippen molar-refractivity contribution in [3.63, 3.8) is 0 Å². The van der Waals surface area contributed by atoms with Crippen molar-refractivity contribution in [1.29, 1.82) is 0 Å². The third-order valence-electron chi connectivity index (χ3n) is 1.61. The molecule has 1 amide bonds. The highest BCUT2D eigenvalue weighted by atomic mass is 32.2. The summed E-state index contributed by atoms with van der Waals surface area (Å²) in [6.07, 6.45) is 2.47. The Hall–Kier alpha value is -0.620. The van der Waals surface area contributed by atoms with Crippen LogP contribution in [0.25, 0.3) is 0 Å². The fourth-order valence-corrected chi connectivity index (χ4v) is 1.39. The molecule has 0 aliphatic rings. The smallest absolute Gasteiger partial charge is 0.221 e. The Morgan fingerprint density at radius 3 is 2.50 bits per heavy atom. The SMILES string of the molecule is CS(=O)(=O)CCC(=O)NCCCCO. The highest BCUT2D eigenvalue weighted by molar-refractivity contribution is 7.90. The minimum absolute atomic E-state index is 0.0119. The molecule has 0 aromatic heterocycles. The van der Waals surface area contributed by atoms with E-state index in [4.69, 9.17) is 5.11 Å². The summed E-state index contributed by atoms with van der Waals surface area (Å²) in [6, 6.07) is 0. The molecule has 5 nitrogen and oxygen atoms in total. The number of aliphatic hydroxyl groups is 1. The molecule has 0 heterocycles. The summed E-state index contributed by atoms with van der Waals surface area (Å²) < 4.78 is 21.4. The van der Waals surface area contributed by atoms with E-state index in [0.717, 1.165) is 6.26 Å². The van der Waals surface area contributed by atoms with Gasteiger partial charge in [0.05, 0.1) is 5.75 Å². The van der Waals surface area contributed by atoms with Gasteiger partial charge < -0.3 is 10.4 Å². The predicted molar refractivity (Wildman–Crippen MR) is 53.7 cm³/mol. The number of unbranched alkanes of at least 4 members (excludes halogenated alkanes) is 1. The standard InChI is InChI=1S/C8H17NO4S/c1-14(12,13)7-4-8(11)9-5-2-3-6-10/h10H,2-7H2,1H3,(H,9,11). The van der Waals surface area contributed by atoms with Crippen LogP contribution in [-0.2, 0) is 14.6 Å². The van der Waals surface area contributed by atoms with Crippen LogP contribution in [0.5, 0.6) is 0 Å². The Kier molecular flexibility index (Phi) is 6.48. The number of rotatable bonds is 7. The molecular formula is C8H17NO4S. The van der Waals surface area contributed by atoms with E-state index in [2.05, 4.69) is 5.32 Å². The van der Waals surface area contributed by atoms with E-state index < -0.39 is 9.84 Å². The zero-order chi connectivity index (χ0) is 11.0. The Labute approximate surface area is 84.4 Å². The van der Waals surface area contributed by atoms with E-state index in [1.807, 2.05) is 0 Å². The van der Waals surface area contributed by atoms with E-state index >= 15 is 0 Å². The van der Waals surface area contributed by atoms with Gasteiger partial charge in [-0.25, -0.2) is 8.42 Å². The van der Waals surface area contributed by atoms with E-state index in [1.165, 1.54) is 0 Å². The maximum atomic E-state index is 11.0. The van der Waals surface area contributed by atoms with Crippen LogP contribution in [0.1, 0.15) is 19.3 Å². The Morgan fingerprint density at radius 1 is 1.36 bits per heavy atom. The Bertz CT molecular complexity index is 261. The largest absolute Gasteiger partial charge is 0.396 e. The number of nitrogens with one attached hydrogen (secondary N) is 1. The monoisotopic (exact) mass is 223 g/mol. The van der Waals surface area contributed by atoms with Crippen molar-refractivity contribution in [2.24, 2.45) is 0 Å². The molecule has 0 bridgehead atoms. The number of carbonyl (C=O) groups excluding carboxylic acids is 1. The summed E-state index contributed by atoms with van der Waals surface area (Å²) in [7, 11) is -3.06. The lowest BCUT2D eigenvalue weighted by molar-refractivity contribution is -0.120. The zero-order valence-electron chi connectivity index (χ0n) is 8.32. The maximum absolute atomic E-state index is 11.0. The minimum atomic E-state index is -3.06. The second-order valence-corrected chi connectivity index (χ2v) is 5.42. The van der Waals surface area contributed by atoms with Crippen molar-refractivity contribution in [2.75, 3.05) is 25.2 Å². The zero-order valence-corrected chi connectivity index (χ0v) is 9.14. The van der Waals surface area contributed by atoms with Gasteiger partial charge in [0.15, 0.2) is 0 Å². The first-order valence-corrected chi connectivity index (χ1v) is 6.57. The van der Waals surface area contributed by atoms with Crippen molar-refractivity contribution in [2.45, 2.75) is 19.3 Å². The highest BCUT2D eigenvalue weighted by Gasteiger charge is 2.06. The fourth-order valence-electron chi connectivity index (χ4n) is 0.831. The van der Waals surface area contributed by atoms with Crippen molar-refractivity contribution in [1.82, 2.24) is 5.32 Å². The van der Waals surface area contributed by atoms with Gasteiger partial charge >= 0.3 is 0 Å². The van der Waals surface area contributed by atoms with Crippen LogP contribution in [0.2, 0.25) is 0 Å². The van der Waals surface area contributed by atoms with Crippen LogP contribution in [-0.4, -0.2) is 44.6 Å². The molecule has 0 unspecified atom stereocenters. The molecule has 0 aromatic carbocycles. The van der Waals surface area contributed by atoms with Crippen molar-refractivity contribution < 1.29 is 18.3 Å². The van der Waals surface area contributed by atoms with Crippen molar-refractivity contribution in [3.05, 3.63) is 0 Å². The van der Waals surface area contributed by atoms with Gasteiger partial charge in [0.1, 0.15) is 9.84 Å². The topological polar surface area (TPSA) is 83.5 Å². The number of amides is 1. The second-order valence-electron chi connectivity index (χ2n) is 3.16. The molecule has 0 atom stereocenters. The molecule has 0 fully saturated rings. The first kappa shape index (κ1) is 13.4. The fraction of sp³-hybridized carbons (Fsp3) is 0.875. The number of hydrogen-bond donors (Lipinski definition) is 2. The van der Waals surface area contributed by atoms with Crippen LogP contribution >= 0.6 is 0 Å². The predicted octanol–water partition coefficient (Wildman–Crippen LogP) is -0.690. The number of sulfone groups is 1. The third kappa shape index (κ3) is 9.47. The molecule has 0 aromatic rings. The van der Waals surface area contributed by atoms with Gasteiger partial charge in [-0.1, -0.05) is 0 Å². The molecule has 0 aliphatic heterocycles. The molecule has 14 heavy (non-hydrogen) atoms. The summed E-state index contributed by atoms with van der Waals surface area (Å²) in [5, 5.41) is 11.0. The number of aliphatic hydroxyl groups excluding tert-OH is 1. The first-order valence-electron chi connectivity index (χ1n) is 4.51. The summed E-state index contributed by atoms with van der Waals surface area (Å²) in [5.74, 6) is -0.368. The molecule has 0 rings (SSSR count). The van der Waals surface area contributed by atoms with E-state index in [9.17, 15) is 13.2 Å². The van der Waals surface area contributed by atoms with Gasteiger partial charge in [0.25, 0.3) is 0 Å². The Morgan fingerprint density at radius 2 is 2.00 bits per heavy atom. The molecule has 6 heteroatoms. The van der Waals surface area contributed by atoms with E-state index in [-0.39, 0.29) is 24.7 Å². The first-order chi connectivity index (χ1) is 6.45. The lowest BCUT2D eigenvalue weighted by atomic mass is 10.3. The summed E-state index contributed by atoms with van der Waals surface area (Å²) in [5.41, 5.74) is 0. The van der Waals surface area contributed by atoms with Crippen LogP contribution in [0.4, 0.5) is 0 Å². The van der Waals surface area contributed by atoms with Crippen LogP contribution in [0.3, 0.4) is 0 Å². The number of hydrogen-bond acceptors (Lipinski definition) is 4. The van der Waals surface area contributed by atoms with E-state index in [1.54, 1.807) is 0 Å². The van der Waals surface area contributed by atoms with Crippen LogP contribution in [0.15, 0.2) is 0 Å². The van der Waals surface area contributed by atoms with Gasteiger partial charge in [-0.2, -0.15) is 0 Å². The van der Waals surface area contributed by atoms with E-state index in [0.29, 0.717) is 19.4 Å². The molecule has 0 spiro atoms. The highest BCUT2D eigenvalue weighted by Crippen LogP contribution is 1.90. The molecule has 0 radical (unpaired) electrons.